The van der Waals surface area contributed by atoms with E-state index in [1.807, 2.05) is 0 Å². The maximum atomic E-state index is 13.6. The first kappa shape index (κ1) is 17.2. The summed E-state index contributed by atoms with van der Waals surface area (Å²) in [6.07, 6.45) is -1.13. The summed E-state index contributed by atoms with van der Waals surface area (Å²) in [6.45, 7) is 1.37. The molecule has 0 spiro atoms. The van der Waals surface area contributed by atoms with Crippen molar-refractivity contribution in [3.8, 4) is 0 Å². The van der Waals surface area contributed by atoms with Crippen molar-refractivity contribution in [3.63, 3.8) is 0 Å². The highest BCUT2D eigenvalue weighted by atomic mass is 35.5. The number of ether oxygens (including phenoxy) is 1. The van der Waals surface area contributed by atoms with E-state index in [2.05, 4.69) is 5.32 Å². The van der Waals surface area contributed by atoms with E-state index in [4.69, 9.17) is 27.9 Å². The fraction of sp³-hybridized carbons (Fsp3) is 0.125. The largest absolute Gasteiger partial charge is 0.449 e. The zero-order valence-corrected chi connectivity index (χ0v) is 13.5. The summed E-state index contributed by atoms with van der Waals surface area (Å²) in [6, 6.07) is 10.2. The number of hydrogen-bond acceptors (Lipinski definition) is 3. The zero-order valence-electron chi connectivity index (χ0n) is 12.0. The van der Waals surface area contributed by atoms with Crippen LogP contribution < -0.4 is 5.32 Å². The molecular formula is C16H12Cl2FNO3. The van der Waals surface area contributed by atoms with Gasteiger partial charge in [0, 0.05) is 10.7 Å². The van der Waals surface area contributed by atoms with Crippen LogP contribution in [0.25, 0.3) is 0 Å². The van der Waals surface area contributed by atoms with Crippen molar-refractivity contribution in [1.82, 2.24) is 0 Å². The van der Waals surface area contributed by atoms with Gasteiger partial charge in [-0.1, -0.05) is 29.3 Å². The lowest BCUT2D eigenvalue weighted by Crippen LogP contribution is -2.30. The van der Waals surface area contributed by atoms with E-state index in [-0.39, 0.29) is 5.02 Å². The number of carbonyl (C=O) groups excluding carboxylic acids is 2. The van der Waals surface area contributed by atoms with E-state index in [1.54, 1.807) is 24.3 Å². The highest BCUT2D eigenvalue weighted by molar-refractivity contribution is 6.33. The lowest BCUT2D eigenvalue weighted by atomic mass is 10.2. The Balaban J connectivity index is 2.03. The molecule has 23 heavy (non-hydrogen) atoms. The molecule has 0 aliphatic carbocycles. The van der Waals surface area contributed by atoms with E-state index in [0.717, 1.165) is 6.07 Å². The van der Waals surface area contributed by atoms with Gasteiger partial charge in [-0.25, -0.2) is 9.18 Å². The first-order valence-electron chi connectivity index (χ1n) is 6.60. The topological polar surface area (TPSA) is 55.4 Å². The van der Waals surface area contributed by atoms with Crippen molar-refractivity contribution < 1.29 is 18.7 Å². The predicted molar refractivity (Wildman–Crippen MR) is 86.4 cm³/mol. The van der Waals surface area contributed by atoms with Gasteiger partial charge in [-0.05, 0) is 43.3 Å². The van der Waals surface area contributed by atoms with Crippen LogP contribution in [-0.4, -0.2) is 18.0 Å². The Morgan fingerprint density at radius 2 is 1.78 bits per heavy atom. The van der Waals surface area contributed by atoms with Crippen LogP contribution in [0.4, 0.5) is 10.1 Å². The third-order valence-electron chi connectivity index (χ3n) is 2.93. The van der Waals surface area contributed by atoms with Crippen LogP contribution >= 0.6 is 23.2 Å². The monoisotopic (exact) mass is 355 g/mol. The second-order valence-corrected chi connectivity index (χ2v) is 5.48. The minimum Gasteiger partial charge on any atom is -0.449 e. The van der Waals surface area contributed by atoms with E-state index in [9.17, 15) is 14.0 Å². The van der Waals surface area contributed by atoms with Crippen molar-refractivity contribution in [2.75, 3.05) is 5.32 Å². The molecule has 0 saturated carbocycles. The number of hydrogen-bond donors (Lipinski definition) is 1. The SMILES string of the molecule is C[C@@H](OC(=O)c1c(F)cccc1Cl)C(=O)Nc1ccc(Cl)cc1. The Morgan fingerprint density at radius 3 is 2.39 bits per heavy atom. The van der Waals surface area contributed by atoms with Gasteiger partial charge < -0.3 is 10.1 Å². The Bertz CT molecular complexity index is 714. The van der Waals surface area contributed by atoms with Gasteiger partial charge in [-0.3, -0.25) is 4.79 Å². The number of amides is 1. The molecule has 120 valence electrons. The summed E-state index contributed by atoms with van der Waals surface area (Å²) < 4.78 is 18.6. The maximum Gasteiger partial charge on any atom is 0.343 e. The average Bonchev–Trinajstić information content (AvgIpc) is 2.49. The van der Waals surface area contributed by atoms with Gasteiger partial charge in [0.05, 0.1) is 5.02 Å². The number of anilines is 1. The Hall–Kier alpha value is -2.11. The number of nitrogens with one attached hydrogen (secondary N) is 1. The van der Waals surface area contributed by atoms with Crippen LogP contribution in [0.15, 0.2) is 42.5 Å². The first-order valence-corrected chi connectivity index (χ1v) is 7.35. The number of benzene rings is 2. The molecule has 2 rings (SSSR count). The van der Waals surface area contributed by atoms with Crippen LogP contribution in [0.2, 0.25) is 10.0 Å². The first-order chi connectivity index (χ1) is 10.9. The molecule has 1 amide bonds. The molecule has 0 aromatic heterocycles. The lowest BCUT2D eigenvalue weighted by Gasteiger charge is -2.14. The summed E-state index contributed by atoms with van der Waals surface area (Å²) in [5.41, 5.74) is 0.0894. The van der Waals surface area contributed by atoms with Gasteiger partial charge in [0.1, 0.15) is 11.4 Å². The molecule has 0 unspecified atom stereocenters. The summed E-state index contributed by atoms with van der Waals surface area (Å²) in [4.78, 5) is 23.9. The standard InChI is InChI=1S/C16H12Cl2FNO3/c1-9(15(21)20-11-7-5-10(17)6-8-11)23-16(22)14-12(18)3-2-4-13(14)19/h2-9H,1H3,(H,20,21)/t9-/m1/s1. The van der Waals surface area contributed by atoms with Gasteiger partial charge in [-0.15, -0.1) is 0 Å². The smallest absolute Gasteiger partial charge is 0.343 e. The van der Waals surface area contributed by atoms with Crippen LogP contribution in [0.1, 0.15) is 17.3 Å². The molecule has 2 aromatic rings. The van der Waals surface area contributed by atoms with Gasteiger partial charge in [0.2, 0.25) is 0 Å². The molecule has 0 aliphatic heterocycles. The van der Waals surface area contributed by atoms with Crippen LogP contribution in [0.3, 0.4) is 0 Å². The molecule has 1 N–H and O–H groups in total. The lowest BCUT2D eigenvalue weighted by molar-refractivity contribution is -0.123. The van der Waals surface area contributed by atoms with E-state index < -0.39 is 29.4 Å². The molecule has 7 heteroatoms. The fourth-order valence-electron chi connectivity index (χ4n) is 1.74. The van der Waals surface area contributed by atoms with Crippen LogP contribution in [-0.2, 0) is 9.53 Å². The summed E-state index contributed by atoms with van der Waals surface area (Å²) >= 11 is 11.5. The molecule has 0 heterocycles. The van der Waals surface area contributed by atoms with Crippen molar-refractivity contribution in [2.45, 2.75) is 13.0 Å². The third kappa shape index (κ3) is 4.43. The molecule has 0 bridgehead atoms. The zero-order chi connectivity index (χ0) is 17.0. The van der Waals surface area contributed by atoms with Gasteiger partial charge in [0.15, 0.2) is 6.10 Å². The van der Waals surface area contributed by atoms with Crippen molar-refractivity contribution >= 4 is 40.8 Å². The van der Waals surface area contributed by atoms with Crippen molar-refractivity contribution in [1.29, 1.82) is 0 Å². The van der Waals surface area contributed by atoms with Gasteiger partial charge in [-0.2, -0.15) is 0 Å². The number of esters is 1. The summed E-state index contributed by atoms with van der Waals surface area (Å²) in [7, 11) is 0. The second-order valence-electron chi connectivity index (χ2n) is 4.64. The van der Waals surface area contributed by atoms with E-state index in [0.29, 0.717) is 10.7 Å². The number of rotatable bonds is 4. The molecule has 0 fully saturated rings. The second kappa shape index (κ2) is 7.44. The number of halogens is 3. The molecule has 0 radical (unpaired) electrons. The van der Waals surface area contributed by atoms with Crippen molar-refractivity contribution in [2.24, 2.45) is 0 Å². The normalized spacial score (nSPS) is 11.7. The average molecular weight is 356 g/mol. The molecule has 0 saturated heterocycles. The van der Waals surface area contributed by atoms with E-state index >= 15 is 0 Å². The Kier molecular flexibility index (Phi) is 5.58. The van der Waals surface area contributed by atoms with E-state index in [1.165, 1.54) is 19.1 Å². The fourth-order valence-corrected chi connectivity index (χ4v) is 2.11. The Morgan fingerprint density at radius 1 is 1.13 bits per heavy atom. The highest BCUT2D eigenvalue weighted by Gasteiger charge is 2.23. The minimum absolute atomic E-state index is 0.0830. The van der Waals surface area contributed by atoms with Crippen LogP contribution in [0, 0.1) is 5.82 Å². The molecule has 4 nitrogen and oxygen atoms in total. The minimum atomic E-state index is -1.13. The van der Waals surface area contributed by atoms with Gasteiger partial charge in [0.25, 0.3) is 5.91 Å². The molecule has 2 aromatic carbocycles. The highest BCUT2D eigenvalue weighted by Crippen LogP contribution is 2.20. The summed E-state index contributed by atoms with van der Waals surface area (Å²) in [5, 5.41) is 3.00. The molecule has 1 atom stereocenters. The quantitative estimate of drug-likeness (QED) is 0.831. The third-order valence-corrected chi connectivity index (χ3v) is 3.50. The predicted octanol–water partition coefficient (Wildman–Crippen LogP) is 4.32. The molecular weight excluding hydrogens is 344 g/mol. The van der Waals surface area contributed by atoms with Crippen LogP contribution in [0.5, 0.6) is 0 Å². The molecule has 0 aliphatic rings. The summed E-state index contributed by atoms with van der Waals surface area (Å²) in [5.74, 6) is -2.38. The van der Waals surface area contributed by atoms with Crippen molar-refractivity contribution in [3.05, 3.63) is 63.9 Å². The number of carbonyl (C=O) groups is 2. The Labute approximate surface area is 142 Å². The maximum absolute atomic E-state index is 13.6. The van der Waals surface area contributed by atoms with Gasteiger partial charge >= 0.3 is 5.97 Å².